The zero-order valence-electron chi connectivity index (χ0n) is 25.2. The van der Waals surface area contributed by atoms with Gasteiger partial charge in [0.25, 0.3) is 0 Å². The van der Waals surface area contributed by atoms with Crippen LogP contribution in [0, 0.1) is 0 Å². The number of para-hydroxylation sites is 2. The molecule has 0 spiro atoms. The average Bonchev–Trinajstić information content (AvgIpc) is 3.47. The van der Waals surface area contributed by atoms with E-state index in [-0.39, 0.29) is 0 Å². The number of hydrogen-bond acceptors (Lipinski definition) is 3. The second-order valence-electron chi connectivity index (χ2n) is 12.1. The number of nitrogens with zero attached hydrogens (tertiary/aromatic N) is 3. The fraction of sp³-hybridized carbons (Fsp3) is 0. The first kappa shape index (κ1) is 26.4. The van der Waals surface area contributed by atoms with Crippen LogP contribution in [0.4, 0.5) is 0 Å². The van der Waals surface area contributed by atoms with E-state index in [2.05, 4.69) is 89.5 Å². The maximum atomic E-state index is 15.9. The summed E-state index contributed by atoms with van der Waals surface area (Å²) in [5.74, 6) is 0.585. The second kappa shape index (κ2) is 9.83. The van der Waals surface area contributed by atoms with Gasteiger partial charge in [-0.15, -0.1) is 0 Å². The van der Waals surface area contributed by atoms with Crippen LogP contribution in [0.1, 0.15) is 0 Å². The van der Waals surface area contributed by atoms with Gasteiger partial charge in [-0.05, 0) is 40.8 Å². The van der Waals surface area contributed by atoms with Crippen LogP contribution in [-0.2, 0) is 4.57 Å². The fourth-order valence-electron chi connectivity index (χ4n) is 7.53. The van der Waals surface area contributed by atoms with Crippen LogP contribution in [0.3, 0.4) is 0 Å². The van der Waals surface area contributed by atoms with Crippen molar-refractivity contribution in [2.24, 2.45) is 0 Å². The normalized spacial score (nSPS) is 15.4. The van der Waals surface area contributed by atoms with Gasteiger partial charge in [-0.3, -0.25) is 4.57 Å². The summed E-state index contributed by atoms with van der Waals surface area (Å²) in [4.78, 5) is 10.4. The number of fused-ring (bicyclic) bond motifs is 6. The third kappa shape index (κ3) is 3.68. The van der Waals surface area contributed by atoms with E-state index in [4.69, 9.17) is 9.97 Å². The molecule has 0 fully saturated rings. The predicted octanol–water partition coefficient (Wildman–Crippen LogP) is 9.17. The molecule has 3 heterocycles. The lowest BCUT2D eigenvalue weighted by Crippen LogP contribution is -2.30. The van der Waals surface area contributed by atoms with E-state index in [0.717, 1.165) is 81.8 Å². The molecule has 0 saturated carbocycles. The van der Waals surface area contributed by atoms with Crippen LogP contribution in [0.15, 0.2) is 158 Å². The van der Waals surface area contributed by atoms with Gasteiger partial charge in [-0.25, -0.2) is 9.97 Å². The molecule has 5 heteroatoms. The van der Waals surface area contributed by atoms with Crippen molar-refractivity contribution in [3.05, 3.63) is 158 Å². The molecule has 7 aromatic carbocycles. The molecule has 1 unspecified atom stereocenters. The monoisotopic (exact) mass is 619 g/mol. The Hall–Kier alpha value is -5.83. The van der Waals surface area contributed by atoms with Crippen LogP contribution >= 0.6 is 7.14 Å². The van der Waals surface area contributed by atoms with E-state index in [9.17, 15) is 0 Å². The van der Waals surface area contributed by atoms with Crippen molar-refractivity contribution >= 4 is 66.5 Å². The lowest BCUT2D eigenvalue weighted by Gasteiger charge is -2.30. The minimum Gasteiger partial charge on any atom is -0.309 e. The molecule has 1 atom stereocenters. The van der Waals surface area contributed by atoms with E-state index >= 15 is 4.57 Å². The maximum absolute atomic E-state index is 15.9. The minimum atomic E-state index is -3.27. The molecule has 4 nitrogen and oxygen atoms in total. The summed E-state index contributed by atoms with van der Waals surface area (Å²) in [6.45, 7) is 0. The standard InChI is InChI=1S/C42H26N3OP/c46-47(29-17-5-2-6-18-29)38-24-12-16-27-15-11-21-31(40(27)38)34-25-33-30-19-8-10-23-36(30)45(37(33)26-39(34)47)42-43-35-22-9-7-20-32(35)41(44-42)28-13-3-1-4-14-28/h1-26H. The highest BCUT2D eigenvalue weighted by atomic mass is 31.2. The van der Waals surface area contributed by atoms with Crippen LogP contribution in [0.5, 0.6) is 0 Å². The van der Waals surface area contributed by atoms with Crippen molar-refractivity contribution in [1.82, 2.24) is 14.5 Å². The van der Waals surface area contributed by atoms with Gasteiger partial charge in [-0.1, -0.05) is 133 Å². The topological polar surface area (TPSA) is 47.8 Å². The van der Waals surface area contributed by atoms with Gasteiger partial charge < -0.3 is 4.57 Å². The van der Waals surface area contributed by atoms with Crippen molar-refractivity contribution < 1.29 is 4.57 Å². The Morgan fingerprint density at radius 2 is 1.21 bits per heavy atom. The van der Waals surface area contributed by atoms with E-state index in [1.54, 1.807) is 0 Å². The molecule has 47 heavy (non-hydrogen) atoms. The van der Waals surface area contributed by atoms with Gasteiger partial charge in [0.05, 0.1) is 22.2 Å². The van der Waals surface area contributed by atoms with Crippen LogP contribution in [0.25, 0.3) is 71.8 Å². The molecular formula is C42H26N3OP. The molecule has 9 aromatic rings. The zero-order valence-corrected chi connectivity index (χ0v) is 26.1. The third-order valence-electron chi connectivity index (χ3n) is 9.60. The molecule has 0 amide bonds. The number of aromatic nitrogens is 3. The lowest BCUT2D eigenvalue weighted by atomic mass is 9.96. The summed E-state index contributed by atoms with van der Waals surface area (Å²) in [5, 5.41) is 7.91. The number of hydrogen-bond donors (Lipinski definition) is 0. The van der Waals surface area contributed by atoms with Gasteiger partial charge in [0.15, 0.2) is 7.14 Å². The maximum Gasteiger partial charge on any atom is 0.235 e. The first-order chi connectivity index (χ1) is 23.2. The van der Waals surface area contributed by atoms with Crippen molar-refractivity contribution in [3.63, 3.8) is 0 Å². The summed E-state index contributed by atoms with van der Waals surface area (Å²) in [7, 11) is -3.27. The third-order valence-corrected chi connectivity index (χ3v) is 12.7. The molecule has 220 valence electrons. The van der Waals surface area contributed by atoms with E-state index in [1.807, 2.05) is 72.8 Å². The fourth-order valence-corrected chi connectivity index (χ4v) is 10.6. The first-order valence-corrected chi connectivity index (χ1v) is 17.5. The molecule has 0 saturated heterocycles. The Labute approximate surface area is 271 Å². The molecule has 1 aliphatic heterocycles. The zero-order chi connectivity index (χ0) is 31.1. The smallest absolute Gasteiger partial charge is 0.235 e. The lowest BCUT2D eigenvalue weighted by molar-refractivity contribution is 0.592. The molecular weight excluding hydrogens is 593 g/mol. The minimum absolute atomic E-state index is 0.585. The van der Waals surface area contributed by atoms with Crippen molar-refractivity contribution in [2.75, 3.05) is 0 Å². The van der Waals surface area contributed by atoms with Crippen molar-refractivity contribution in [2.45, 2.75) is 0 Å². The van der Waals surface area contributed by atoms with E-state index in [0.29, 0.717) is 5.95 Å². The van der Waals surface area contributed by atoms with E-state index < -0.39 is 7.14 Å². The largest absolute Gasteiger partial charge is 0.309 e. The Morgan fingerprint density at radius 3 is 2.04 bits per heavy atom. The summed E-state index contributed by atoms with van der Waals surface area (Å²) in [6.07, 6.45) is 0. The molecule has 10 rings (SSSR count). The first-order valence-electron chi connectivity index (χ1n) is 15.8. The highest BCUT2D eigenvalue weighted by Crippen LogP contribution is 2.53. The highest BCUT2D eigenvalue weighted by molar-refractivity contribution is 7.86. The van der Waals surface area contributed by atoms with Gasteiger partial charge in [0.1, 0.15) is 0 Å². The predicted molar refractivity (Wildman–Crippen MR) is 195 cm³/mol. The molecule has 2 aromatic heterocycles. The van der Waals surface area contributed by atoms with Gasteiger partial charge in [0.2, 0.25) is 5.95 Å². The quantitative estimate of drug-likeness (QED) is 0.185. The van der Waals surface area contributed by atoms with Crippen LogP contribution in [-0.4, -0.2) is 14.5 Å². The Kier molecular flexibility index (Phi) is 5.52. The van der Waals surface area contributed by atoms with Gasteiger partial charge >= 0.3 is 0 Å². The van der Waals surface area contributed by atoms with Crippen LogP contribution in [0.2, 0.25) is 0 Å². The summed E-state index contributed by atoms with van der Waals surface area (Å²) in [5.41, 5.74) is 6.85. The van der Waals surface area contributed by atoms with Crippen molar-refractivity contribution in [1.29, 1.82) is 0 Å². The van der Waals surface area contributed by atoms with Crippen LogP contribution < -0.4 is 15.9 Å². The Balaban J connectivity index is 1.36. The van der Waals surface area contributed by atoms with Gasteiger partial charge in [0, 0.05) is 43.0 Å². The molecule has 0 bridgehead atoms. The molecule has 1 aliphatic rings. The summed E-state index contributed by atoms with van der Waals surface area (Å²) in [6, 6.07) is 53.9. The van der Waals surface area contributed by atoms with E-state index in [1.165, 1.54) is 0 Å². The summed E-state index contributed by atoms with van der Waals surface area (Å²) >= 11 is 0. The molecule has 0 radical (unpaired) electrons. The van der Waals surface area contributed by atoms with Crippen molar-refractivity contribution in [3.8, 4) is 28.3 Å². The molecule has 0 aliphatic carbocycles. The SMILES string of the molecule is O=P1(c2ccccc2)c2cc3c(cc2-c2cccc4cccc1c24)c1ccccc1n3-c1nc(-c2ccccc2)c2ccccc2n1. The number of benzene rings is 7. The number of rotatable bonds is 3. The Bertz CT molecular complexity index is 2760. The molecule has 0 N–H and O–H groups in total. The summed E-state index contributed by atoms with van der Waals surface area (Å²) < 4.78 is 18.1. The second-order valence-corrected chi connectivity index (χ2v) is 14.8. The highest BCUT2D eigenvalue weighted by Gasteiger charge is 2.39. The average molecular weight is 620 g/mol. The Morgan fingerprint density at radius 1 is 0.511 bits per heavy atom. The van der Waals surface area contributed by atoms with Gasteiger partial charge in [-0.2, -0.15) is 0 Å².